The molecule has 228 valence electrons. The van der Waals surface area contributed by atoms with Crippen LogP contribution >= 0.6 is 0 Å². The van der Waals surface area contributed by atoms with Crippen LogP contribution in [0.15, 0.2) is 12.2 Å². The lowest BCUT2D eigenvalue weighted by atomic mass is 10.1. The SMILES string of the molecule is CCCCCC/C=C\CCCCCCCC(=O)OC(COCCC(C(=O)O)[N+](C)(C)C)COC(=O)CCCC. The fourth-order valence-corrected chi connectivity index (χ4v) is 4.18. The summed E-state index contributed by atoms with van der Waals surface area (Å²) in [6.07, 6.45) is 19.2. The van der Waals surface area contributed by atoms with Gasteiger partial charge >= 0.3 is 17.9 Å². The molecule has 0 aromatic carbocycles. The molecule has 0 amide bonds. The highest BCUT2D eigenvalue weighted by molar-refractivity contribution is 5.72. The zero-order valence-electron chi connectivity index (χ0n) is 25.6. The summed E-state index contributed by atoms with van der Waals surface area (Å²) in [6, 6.07) is -0.607. The molecule has 0 spiro atoms. The Hall–Kier alpha value is -1.93. The summed E-state index contributed by atoms with van der Waals surface area (Å²) in [4.78, 5) is 35.9. The van der Waals surface area contributed by atoms with Crippen LogP contribution in [-0.4, -0.2) is 80.6 Å². The van der Waals surface area contributed by atoms with E-state index in [0.29, 0.717) is 19.3 Å². The van der Waals surface area contributed by atoms with Crippen molar-refractivity contribution in [3.05, 3.63) is 12.2 Å². The van der Waals surface area contributed by atoms with E-state index >= 15 is 0 Å². The van der Waals surface area contributed by atoms with Crippen LogP contribution in [-0.2, 0) is 28.6 Å². The van der Waals surface area contributed by atoms with Gasteiger partial charge in [0.05, 0.1) is 34.4 Å². The summed E-state index contributed by atoms with van der Waals surface area (Å²) >= 11 is 0. The first-order chi connectivity index (χ1) is 18.6. The summed E-state index contributed by atoms with van der Waals surface area (Å²) in [5.41, 5.74) is 0. The number of ether oxygens (including phenoxy) is 3. The maximum atomic E-state index is 12.4. The Morgan fingerprint density at radius 1 is 0.744 bits per heavy atom. The number of hydrogen-bond donors (Lipinski definition) is 1. The zero-order chi connectivity index (χ0) is 29.4. The van der Waals surface area contributed by atoms with E-state index in [1.54, 1.807) is 0 Å². The van der Waals surface area contributed by atoms with Gasteiger partial charge in [-0.05, 0) is 38.5 Å². The van der Waals surface area contributed by atoms with Gasteiger partial charge in [0.25, 0.3) is 0 Å². The van der Waals surface area contributed by atoms with Crippen LogP contribution in [0.2, 0.25) is 0 Å². The van der Waals surface area contributed by atoms with Crippen molar-refractivity contribution in [2.24, 2.45) is 0 Å². The molecular formula is C31H58NO7+. The summed E-state index contributed by atoms with van der Waals surface area (Å²) in [6.45, 7) is 4.44. The molecule has 8 nitrogen and oxygen atoms in total. The van der Waals surface area contributed by atoms with Crippen LogP contribution in [0.25, 0.3) is 0 Å². The smallest absolute Gasteiger partial charge is 0.362 e. The normalized spacial score (nSPS) is 13.4. The quantitative estimate of drug-likeness (QED) is 0.0565. The number of esters is 2. The summed E-state index contributed by atoms with van der Waals surface area (Å²) in [7, 11) is 5.48. The Morgan fingerprint density at radius 2 is 1.31 bits per heavy atom. The van der Waals surface area contributed by atoms with Crippen molar-refractivity contribution in [2.45, 2.75) is 129 Å². The van der Waals surface area contributed by atoms with Crippen LogP contribution in [0.4, 0.5) is 0 Å². The molecule has 1 N–H and O–H groups in total. The van der Waals surface area contributed by atoms with Crippen LogP contribution in [0.1, 0.15) is 117 Å². The number of nitrogens with zero attached hydrogens (tertiary/aromatic N) is 1. The molecule has 0 fully saturated rings. The molecule has 0 saturated carbocycles. The second-order valence-corrected chi connectivity index (χ2v) is 11.4. The molecule has 0 aliphatic carbocycles. The van der Waals surface area contributed by atoms with E-state index in [9.17, 15) is 19.5 Å². The number of carbonyl (C=O) groups excluding carboxylic acids is 2. The monoisotopic (exact) mass is 556 g/mol. The van der Waals surface area contributed by atoms with Crippen LogP contribution in [0, 0.1) is 0 Å². The minimum absolute atomic E-state index is 0.0574. The van der Waals surface area contributed by atoms with E-state index in [1.807, 2.05) is 28.1 Å². The molecule has 0 aliphatic rings. The molecule has 39 heavy (non-hydrogen) atoms. The van der Waals surface area contributed by atoms with Gasteiger partial charge in [-0.3, -0.25) is 9.59 Å². The first kappa shape index (κ1) is 37.1. The van der Waals surface area contributed by atoms with Crippen molar-refractivity contribution in [3.63, 3.8) is 0 Å². The number of quaternary nitrogens is 1. The van der Waals surface area contributed by atoms with Gasteiger partial charge in [-0.25, -0.2) is 4.79 Å². The van der Waals surface area contributed by atoms with Gasteiger partial charge in [0.2, 0.25) is 0 Å². The average Bonchev–Trinajstić information content (AvgIpc) is 2.87. The number of carboxylic acid groups (broad SMARTS) is 1. The van der Waals surface area contributed by atoms with E-state index < -0.39 is 18.1 Å². The predicted octanol–water partition coefficient (Wildman–Crippen LogP) is 6.46. The van der Waals surface area contributed by atoms with Gasteiger partial charge in [0.1, 0.15) is 6.61 Å². The number of unbranched alkanes of at least 4 members (excludes halogenated alkanes) is 10. The highest BCUT2D eigenvalue weighted by atomic mass is 16.6. The second kappa shape index (κ2) is 23.9. The Morgan fingerprint density at radius 3 is 1.90 bits per heavy atom. The fourth-order valence-electron chi connectivity index (χ4n) is 4.18. The lowest BCUT2D eigenvalue weighted by Crippen LogP contribution is -2.50. The number of rotatable bonds is 26. The molecule has 0 saturated heterocycles. The molecule has 0 heterocycles. The van der Waals surface area contributed by atoms with Gasteiger partial charge in [-0.1, -0.05) is 70.9 Å². The van der Waals surface area contributed by atoms with Gasteiger partial charge in [0, 0.05) is 19.3 Å². The lowest BCUT2D eigenvalue weighted by Gasteiger charge is -2.31. The van der Waals surface area contributed by atoms with Gasteiger partial charge in [0.15, 0.2) is 12.1 Å². The first-order valence-electron chi connectivity index (χ1n) is 15.2. The molecule has 2 atom stereocenters. The van der Waals surface area contributed by atoms with E-state index in [4.69, 9.17) is 14.2 Å². The molecule has 0 rings (SSSR count). The third kappa shape index (κ3) is 22.6. The zero-order valence-corrected chi connectivity index (χ0v) is 25.6. The highest BCUT2D eigenvalue weighted by Gasteiger charge is 2.31. The molecule has 2 unspecified atom stereocenters. The highest BCUT2D eigenvalue weighted by Crippen LogP contribution is 2.12. The van der Waals surface area contributed by atoms with Crippen LogP contribution < -0.4 is 0 Å². The summed E-state index contributed by atoms with van der Waals surface area (Å²) in [5, 5.41) is 9.47. The molecule has 0 bridgehead atoms. The van der Waals surface area contributed by atoms with Crippen molar-refractivity contribution in [1.82, 2.24) is 0 Å². The third-order valence-electron chi connectivity index (χ3n) is 6.66. The van der Waals surface area contributed by atoms with Gasteiger partial charge < -0.3 is 23.8 Å². The Kier molecular flexibility index (Phi) is 22.7. The average molecular weight is 557 g/mol. The van der Waals surface area contributed by atoms with Gasteiger partial charge in [-0.15, -0.1) is 0 Å². The van der Waals surface area contributed by atoms with Crippen molar-refractivity contribution in [3.8, 4) is 0 Å². The minimum Gasteiger partial charge on any atom is -0.477 e. The maximum absolute atomic E-state index is 12.4. The maximum Gasteiger partial charge on any atom is 0.362 e. The lowest BCUT2D eigenvalue weighted by molar-refractivity contribution is -0.887. The molecule has 0 aromatic rings. The van der Waals surface area contributed by atoms with E-state index in [-0.39, 0.29) is 36.2 Å². The number of carbonyl (C=O) groups is 3. The number of aliphatic carboxylic acids is 1. The molecule has 8 heteroatoms. The van der Waals surface area contributed by atoms with Crippen LogP contribution in [0.5, 0.6) is 0 Å². The summed E-state index contributed by atoms with van der Waals surface area (Å²) < 4.78 is 16.8. The fraction of sp³-hybridized carbons (Fsp3) is 0.839. The Balaban J connectivity index is 4.32. The Bertz CT molecular complexity index is 672. The number of carboxylic acids is 1. The Labute approximate surface area is 238 Å². The molecule has 0 aromatic heterocycles. The number of allylic oxidation sites excluding steroid dienone is 2. The minimum atomic E-state index is -0.881. The second-order valence-electron chi connectivity index (χ2n) is 11.4. The van der Waals surface area contributed by atoms with E-state index in [2.05, 4.69) is 19.1 Å². The first-order valence-corrected chi connectivity index (χ1v) is 15.2. The molecule has 0 radical (unpaired) electrons. The van der Waals surface area contributed by atoms with Crippen LogP contribution in [0.3, 0.4) is 0 Å². The molecule has 0 aliphatic heterocycles. The van der Waals surface area contributed by atoms with E-state index in [1.165, 1.54) is 38.5 Å². The van der Waals surface area contributed by atoms with Crippen molar-refractivity contribution in [2.75, 3.05) is 41.0 Å². The standard InChI is InChI=1S/C31H57NO7/c1-6-8-10-11-12-13-14-15-16-17-18-19-20-22-30(34)39-27(26-38-29(33)21-9-7-2)25-37-24-23-28(31(35)36)32(3,4)5/h13-14,27-28H,6-12,15-26H2,1-5H3/p+1/b14-13-. The predicted molar refractivity (Wildman–Crippen MR) is 155 cm³/mol. The third-order valence-corrected chi connectivity index (χ3v) is 6.66. The largest absolute Gasteiger partial charge is 0.477 e. The van der Waals surface area contributed by atoms with E-state index in [0.717, 1.165) is 44.9 Å². The number of hydrogen-bond acceptors (Lipinski definition) is 6. The van der Waals surface area contributed by atoms with Gasteiger partial charge in [-0.2, -0.15) is 0 Å². The number of likely N-dealkylation sites (N-methyl/N-ethyl adjacent to an activating group) is 1. The topological polar surface area (TPSA) is 99.1 Å². The van der Waals surface area contributed by atoms with Crippen molar-refractivity contribution in [1.29, 1.82) is 0 Å². The molecular weight excluding hydrogens is 498 g/mol. The summed E-state index contributed by atoms with van der Waals surface area (Å²) in [5.74, 6) is -1.53. The van der Waals surface area contributed by atoms with Crippen molar-refractivity contribution < 1.29 is 38.2 Å². The van der Waals surface area contributed by atoms with Crippen molar-refractivity contribution >= 4 is 17.9 Å².